The van der Waals surface area contributed by atoms with Gasteiger partial charge in [-0.1, -0.05) is 13.3 Å². The summed E-state index contributed by atoms with van der Waals surface area (Å²) >= 11 is 1.55. The van der Waals surface area contributed by atoms with Crippen LogP contribution in [0.3, 0.4) is 0 Å². The molecule has 0 radical (unpaired) electrons. The molecule has 1 aromatic carbocycles. The van der Waals surface area contributed by atoms with E-state index in [0.717, 1.165) is 40.6 Å². The second-order valence-corrected chi connectivity index (χ2v) is 8.24. The molecular formula is C22H22FN5S. The molecule has 148 valence electrons. The first-order valence-corrected chi connectivity index (χ1v) is 10.7. The maximum absolute atomic E-state index is 14.2. The zero-order valence-electron chi connectivity index (χ0n) is 16.6. The summed E-state index contributed by atoms with van der Waals surface area (Å²) in [4.78, 5) is 11.6. The molecule has 1 saturated heterocycles. The Morgan fingerprint density at radius 1 is 1.34 bits per heavy atom. The summed E-state index contributed by atoms with van der Waals surface area (Å²) in [5.41, 5.74) is 3.16. The third kappa shape index (κ3) is 3.73. The number of halogens is 1. The quantitative estimate of drug-likeness (QED) is 0.361. The molecule has 0 aliphatic carbocycles. The van der Waals surface area contributed by atoms with Crippen molar-refractivity contribution in [1.82, 2.24) is 14.6 Å². The van der Waals surface area contributed by atoms with Crippen LogP contribution in [0.2, 0.25) is 0 Å². The second-order valence-electron chi connectivity index (χ2n) is 7.36. The summed E-state index contributed by atoms with van der Waals surface area (Å²) in [5, 5.41) is 4.83. The van der Waals surface area contributed by atoms with Gasteiger partial charge in [0, 0.05) is 17.5 Å². The Bertz CT molecular complexity index is 1130. The largest absolute Gasteiger partial charge is 0.348 e. The number of rotatable bonds is 4. The SMILES string of the molecule is C#CN=C(C)c1cnc2ccc(N3CC(C)C[C@@H]3c3cc(F)cc(SC)c3)nn12. The van der Waals surface area contributed by atoms with Gasteiger partial charge in [-0.05, 0) is 61.4 Å². The average molecular weight is 408 g/mol. The molecule has 0 bridgehead atoms. The summed E-state index contributed by atoms with van der Waals surface area (Å²) < 4.78 is 16.0. The summed E-state index contributed by atoms with van der Waals surface area (Å²) in [5.74, 6) is 1.10. The highest BCUT2D eigenvalue weighted by Crippen LogP contribution is 2.39. The Kier molecular flexibility index (Phi) is 5.29. The van der Waals surface area contributed by atoms with Gasteiger partial charge in [-0.2, -0.15) is 0 Å². The van der Waals surface area contributed by atoms with E-state index in [1.165, 1.54) is 0 Å². The number of thioether (sulfide) groups is 1. The van der Waals surface area contributed by atoms with Gasteiger partial charge in [0.25, 0.3) is 0 Å². The Labute approximate surface area is 174 Å². The number of nitrogens with zero attached hydrogens (tertiary/aromatic N) is 5. The number of hydrogen-bond donors (Lipinski definition) is 0. The number of fused-ring (bicyclic) bond motifs is 1. The molecule has 1 unspecified atom stereocenters. The number of imidazole rings is 1. The van der Waals surface area contributed by atoms with E-state index in [4.69, 9.17) is 11.5 Å². The highest BCUT2D eigenvalue weighted by molar-refractivity contribution is 7.98. The van der Waals surface area contributed by atoms with Crippen molar-refractivity contribution in [2.45, 2.75) is 31.2 Å². The molecule has 0 saturated carbocycles. The molecule has 29 heavy (non-hydrogen) atoms. The van der Waals surface area contributed by atoms with Gasteiger partial charge in [0.05, 0.1) is 18.0 Å². The highest BCUT2D eigenvalue weighted by atomic mass is 32.2. The van der Waals surface area contributed by atoms with Crippen LogP contribution < -0.4 is 4.90 Å². The van der Waals surface area contributed by atoms with E-state index in [-0.39, 0.29) is 11.9 Å². The van der Waals surface area contributed by atoms with Crippen molar-refractivity contribution in [2.75, 3.05) is 17.7 Å². The van der Waals surface area contributed by atoms with Gasteiger partial charge in [0.1, 0.15) is 17.3 Å². The van der Waals surface area contributed by atoms with Crippen LogP contribution in [0.25, 0.3) is 5.65 Å². The molecule has 1 aliphatic rings. The van der Waals surface area contributed by atoms with Gasteiger partial charge in [0.15, 0.2) is 5.65 Å². The van der Waals surface area contributed by atoms with E-state index in [9.17, 15) is 4.39 Å². The Morgan fingerprint density at radius 2 is 2.17 bits per heavy atom. The third-order valence-corrected chi connectivity index (χ3v) is 5.98. The Hall–Kier alpha value is -2.85. The monoisotopic (exact) mass is 407 g/mol. The minimum Gasteiger partial charge on any atom is -0.348 e. The smallest absolute Gasteiger partial charge is 0.154 e. The van der Waals surface area contributed by atoms with E-state index in [2.05, 4.69) is 33.9 Å². The molecule has 7 heteroatoms. The number of benzene rings is 1. The predicted octanol–water partition coefficient (Wildman–Crippen LogP) is 4.58. The molecule has 5 nitrogen and oxygen atoms in total. The molecule has 3 aromatic rings. The first kappa shape index (κ1) is 19.5. The average Bonchev–Trinajstić information content (AvgIpc) is 3.30. The second kappa shape index (κ2) is 7.88. The number of hydrogen-bond acceptors (Lipinski definition) is 5. The van der Waals surface area contributed by atoms with E-state index in [1.54, 1.807) is 34.6 Å². The van der Waals surface area contributed by atoms with Crippen LogP contribution in [0.1, 0.15) is 37.6 Å². The standard InChI is InChI=1S/C22H22FN5S/c1-5-24-15(3)20-12-25-21-6-7-22(26-28(20)21)27-13-14(2)8-19(27)16-9-17(23)11-18(10-16)29-4/h1,6-7,9-12,14,19H,8,13H2,2-4H3/t14?,19-/m1/s1. The highest BCUT2D eigenvalue weighted by Gasteiger charge is 2.32. The lowest BCUT2D eigenvalue weighted by molar-refractivity contribution is 0.598. The fourth-order valence-corrected chi connectivity index (χ4v) is 4.41. The Morgan fingerprint density at radius 3 is 2.93 bits per heavy atom. The molecule has 0 amide bonds. The minimum absolute atomic E-state index is 0.0731. The van der Waals surface area contributed by atoms with E-state index >= 15 is 0 Å². The van der Waals surface area contributed by atoms with Gasteiger partial charge >= 0.3 is 0 Å². The first-order chi connectivity index (χ1) is 14.0. The molecule has 0 spiro atoms. The molecular weight excluding hydrogens is 385 g/mol. The molecule has 4 rings (SSSR count). The minimum atomic E-state index is -0.201. The third-order valence-electron chi connectivity index (χ3n) is 5.27. The molecule has 0 N–H and O–H groups in total. The van der Waals surface area contributed by atoms with Crippen LogP contribution in [0.5, 0.6) is 0 Å². The zero-order chi connectivity index (χ0) is 20.5. The lowest BCUT2D eigenvalue weighted by Gasteiger charge is -2.26. The van der Waals surface area contributed by atoms with E-state index < -0.39 is 0 Å². The van der Waals surface area contributed by atoms with Crippen LogP contribution in [0.15, 0.2) is 46.4 Å². The van der Waals surface area contributed by atoms with Gasteiger partial charge in [-0.25, -0.2) is 18.9 Å². The molecule has 1 fully saturated rings. The van der Waals surface area contributed by atoms with Crippen molar-refractivity contribution in [3.8, 4) is 12.5 Å². The maximum atomic E-state index is 14.2. The summed E-state index contributed by atoms with van der Waals surface area (Å²) in [6, 6.07) is 11.6. The number of aromatic nitrogens is 3. The fourth-order valence-electron chi connectivity index (χ4n) is 3.93. The van der Waals surface area contributed by atoms with Crippen LogP contribution >= 0.6 is 11.8 Å². The summed E-state index contributed by atoms with van der Waals surface area (Å²) in [6.07, 6.45) is 9.95. The van der Waals surface area contributed by atoms with Gasteiger partial charge in [-0.15, -0.1) is 16.9 Å². The predicted molar refractivity (Wildman–Crippen MR) is 116 cm³/mol. The topological polar surface area (TPSA) is 45.8 Å². The fraction of sp³-hybridized carbons (Fsp3) is 0.318. The first-order valence-electron chi connectivity index (χ1n) is 9.46. The molecule has 2 aromatic heterocycles. The molecule has 1 aliphatic heterocycles. The van der Waals surface area contributed by atoms with E-state index in [1.807, 2.05) is 25.3 Å². The van der Waals surface area contributed by atoms with Crippen molar-refractivity contribution in [3.63, 3.8) is 0 Å². The molecule has 2 atom stereocenters. The van der Waals surface area contributed by atoms with Crippen molar-refractivity contribution < 1.29 is 4.39 Å². The van der Waals surface area contributed by atoms with Gasteiger partial charge in [-0.3, -0.25) is 0 Å². The lowest BCUT2D eigenvalue weighted by atomic mass is 10.0. The lowest BCUT2D eigenvalue weighted by Crippen LogP contribution is -2.25. The zero-order valence-corrected chi connectivity index (χ0v) is 17.4. The Balaban J connectivity index is 1.77. The van der Waals surface area contributed by atoms with Crippen LogP contribution in [0, 0.1) is 24.2 Å². The summed E-state index contributed by atoms with van der Waals surface area (Å²) in [7, 11) is 0. The van der Waals surface area contributed by atoms with Crippen LogP contribution in [0.4, 0.5) is 10.2 Å². The maximum Gasteiger partial charge on any atom is 0.154 e. The van der Waals surface area contributed by atoms with Crippen molar-refractivity contribution in [2.24, 2.45) is 10.9 Å². The summed E-state index contributed by atoms with van der Waals surface area (Å²) in [6.45, 7) is 4.91. The van der Waals surface area contributed by atoms with Gasteiger partial charge in [0.2, 0.25) is 0 Å². The van der Waals surface area contributed by atoms with Crippen molar-refractivity contribution in [1.29, 1.82) is 0 Å². The van der Waals surface area contributed by atoms with Crippen molar-refractivity contribution in [3.05, 3.63) is 53.6 Å². The van der Waals surface area contributed by atoms with Crippen molar-refractivity contribution >= 4 is 28.9 Å². The van der Waals surface area contributed by atoms with E-state index in [0.29, 0.717) is 11.6 Å². The number of aliphatic imine (C=N–C) groups is 1. The van der Waals surface area contributed by atoms with Gasteiger partial charge < -0.3 is 4.90 Å². The number of terminal acetylenes is 1. The van der Waals surface area contributed by atoms with Crippen LogP contribution in [-0.4, -0.2) is 33.1 Å². The molecule has 3 heterocycles. The normalized spacial score (nSPS) is 19.7. The van der Waals surface area contributed by atoms with Crippen LogP contribution in [-0.2, 0) is 0 Å². The number of anilines is 1.